The van der Waals surface area contributed by atoms with Crippen LogP contribution < -0.4 is 15.6 Å². The van der Waals surface area contributed by atoms with Crippen LogP contribution in [0.4, 0.5) is 14.6 Å². The smallest absolute Gasteiger partial charge is 0.274 e. The van der Waals surface area contributed by atoms with E-state index in [4.69, 9.17) is 15.6 Å². The highest BCUT2D eigenvalue weighted by Gasteiger charge is 2.36. The van der Waals surface area contributed by atoms with E-state index in [1.807, 2.05) is 0 Å². The molecule has 0 spiro atoms. The largest absolute Gasteiger partial charge is 0.390 e. The lowest BCUT2D eigenvalue weighted by molar-refractivity contribution is -0.0130. The van der Waals surface area contributed by atoms with E-state index in [-0.39, 0.29) is 18.8 Å². The molecular formula is C19H18F2N6O4S. The number of nitrogens with two attached hydrogens (primary N) is 2. The van der Waals surface area contributed by atoms with Gasteiger partial charge in [-0.1, -0.05) is 17.9 Å². The number of nitrogens with one attached hydrogen (secondary N) is 1. The first-order valence-electron chi connectivity index (χ1n) is 9.32. The van der Waals surface area contributed by atoms with E-state index in [2.05, 4.69) is 26.5 Å². The van der Waals surface area contributed by atoms with Crippen LogP contribution in [0.2, 0.25) is 0 Å². The van der Waals surface area contributed by atoms with E-state index in [1.165, 1.54) is 18.6 Å². The molecule has 0 bridgehead atoms. The monoisotopic (exact) mass is 464 g/mol. The van der Waals surface area contributed by atoms with Crippen molar-refractivity contribution in [2.24, 2.45) is 5.14 Å². The molecule has 1 fully saturated rings. The molecule has 1 aliphatic heterocycles. The number of rotatable bonds is 4. The van der Waals surface area contributed by atoms with Crippen LogP contribution in [0.3, 0.4) is 0 Å². The first kappa shape index (κ1) is 22.1. The average molecular weight is 464 g/mol. The lowest BCUT2D eigenvalue weighted by Crippen LogP contribution is -2.40. The predicted molar refractivity (Wildman–Crippen MR) is 110 cm³/mol. The number of nitrogens with zero attached hydrogens (tertiary/aromatic N) is 3. The summed E-state index contributed by atoms with van der Waals surface area (Å²) in [7, 11) is -3.96. The number of ether oxygens (including phenoxy) is 1. The van der Waals surface area contributed by atoms with Gasteiger partial charge >= 0.3 is 0 Å². The van der Waals surface area contributed by atoms with Crippen molar-refractivity contribution in [2.45, 2.75) is 24.9 Å². The van der Waals surface area contributed by atoms with Gasteiger partial charge in [0, 0.05) is 19.2 Å². The van der Waals surface area contributed by atoms with E-state index in [9.17, 15) is 22.3 Å². The summed E-state index contributed by atoms with van der Waals surface area (Å²) in [4.78, 5) is 8.14. The first-order valence-corrected chi connectivity index (χ1v) is 10.9. The number of halogens is 2. The summed E-state index contributed by atoms with van der Waals surface area (Å²) >= 11 is 0. The minimum atomic E-state index is -3.96. The number of aromatic nitrogens is 3. The number of fused-ring (bicyclic) bond motifs is 1. The van der Waals surface area contributed by atoms with Gasteiger partial charge in [-0.2, -0.15) is 13.1 Å². The van der Waals surface area contributed by atoms with Crippen molar-refractivity contribution in [2.75, 3.05) is 12.3 Å². The Morgan fingerprint density at radius 1 is 1.28 bits per heavy atom. The third kappa shape index (κ3) is 4.40. The Balaban J connectivity index is 1.71. The maximum Gasteiger partial charge on any atom is 0.274 e. The van der Waals surface area contributed by atoms with Crippen molar-refractivity contribution in [1.29, 1.82) is 0 Å². The topological polar surface area (TPSA) is 158 Å². The molecule has 13 heteroatoms. The van der Waals surface area contributed by atoms with Gasteiger partial charge in [0.15, 0.2) is 0 Å². The molecule has 0 saturated carbocycles. The lowest BCUT2D eigenvalue weighted by atomic mass is 10.1. The summed E-state index contributed by atoms with van der Waals surface area (Å²) in [5, 5.41) is 15.6. The number of hydrogen-bond donors (Lipinski definition) is 4. The normalized spacial score (nSPS) is 20.9. The predicted octanol–water partition coefficient (Wildman–Crippen LogP) is 0.133. The maximum absolute atomic E-state index is 13.9. The highest BCUT2D eigenvalue weighted by atomic mass is 32.2. The van der Waals surface area contributed by atoms with Crippen molar-refractivity contribution in [3.8, 4) is 11.8 Å². The number of hydrogen-bond acceptors (Lipinski definition) is 7. The van der Waals surface area contributed by atoms with Gasteiger partial charge < -0.3 is 20.1 Å². The molecule has 0 radical (unpaired) electrons. The fourth-order valence-corrected chi connectivity index (χ4v) is 3.83. The summed E-state index contributed by atoms with van der Waals surface area (Å²) < 4.78 is 59.5. The quantitative estimate of drug-likeness (QED) is 0.400. The number of nitrogen functional groups attached to an aromatic ring is 1. The van der Waals surface area contributed by atoms with Crippen LogP contribution in [0.1, 0.15) is 23.8 Å². The molecule has 10 nitrogen and oxygen atoms in total. The minimum Gasteiger partial charge on any atom is -0.390 e. The van der Waals surface area contributed by atoms with Crippen molar-refractivity contribution in [1.82, 2.24) is 19.3 Å². The van der Waals surface area contributed by atoms with Crippen LogP contribution in [0.25, 0.3) is 11.0 Å². The zero-order chi connectivity index (χ0) is 23.0. The summed E-state index contributed by atoms with van der Waals surface area (Å²) in [6, 6.07) is 3.42. The van der Waals surface area contributed by atoms with Crippen molar-refractivity contribution in [3.05, 3.63) is 53.5 Å². The highest BCUT2D eigenvalue weighted by molar-refractivity contribution is 7.87. The molecule has 0 aliphatic carbocycles. The number of anilines is 1. The molecule has 0 amide bonds. The molecule has 32 heavy (non-hydrogen) atoms. The van der Waals surface area contributed by atoms with Crippen LogP contribution in [0, 0.1) is 23.5 Å². The Kier molecular flexibility index (Phi) is 5.80. The SMILES string of the molecule is Nc1ncnc2c1c(C#Cc1c(F)cccc1F)cn2[C@H]1C[C@H](O)[C@@H](CNS(N)(=O)=O)O1. The molecule has 0 unspecified atom stereocenters. The van der Waals surface area contributed by atoms with Gasteiger partial charge in [-0.25, -0.2) is 23.9 Å². The molecular weight excluding hydrogens is 446 g/mol. The highest BCUT2D eigenvalue weighted by Crippen LogP contribution is 2.34. The third-order valence-electron chi connectivity index (χ3n) is 4.92. The second-order valence-electron chi connectivity index (χ2n) is 7.08. The van der Waals surface area contributed by atoms with E-state index < -0.39 is 45.8 Å². The third-order valence-corrected chi connectivity index (χ3v) is 5.49. The summed E-state index contributed by atoms with van der Waals surface area (Å²) in [5.41, 5.74) is 6.21. The van der Waals surface area contributed by atoms with Crippen molar-refractivity contribution >= 4 is 27.1 Å². The van der Waals surface area contributed by atoms with Gasteiger partial charge in [-0.05, 0) is 12.1 Å². The zero-order valence-corrected chi connectivity index (χ0v) is 17.2. The van der Waals surface area contributed by atoms with E-state index in [1.54, 1.807) is 4.57 Å². The van der Waals surface area contributed by atoms with Gasteiger partial charge in [0.1, 0.15) is 35.7 Å². The fraction of sp³-hybridized carbons (Fsp3) is 0.263. The molecule has 1 aromatic carbocycles. The Bertz CT molecular complexity index is 1330. The minimum absolute atomic E-state index is 0.0954. The van der Waals surface area contributed by atoms with Gasteiger partial charge in [0.05, 0.1) is 28.7 Å². The van der Waals surface area contributed by atoms with Gasteiger partial charge in [-0.15, -0.1) is 0 Å². The van der Waals surface area contributed by atoms with Crippen LogP contribution in [0.15, 0.2) is 30.7 Å². The summed E-state index contributed by atoms with van der Waals surface area (Å²) in [6.45, 7) is -0.230. The van der Waals surface area contributed by atoms with E-state index in [0.29, 0.717) is 16.6 Å². The summed E-state index contributed by atoms with van der Waals surface area (Å²) in [6.07, 6.45) is 0.265. The fourth-order valence-electron chi connectivity index (χ4n) is 3.44. The molecule has 2 aromatic heterocycles. The van der Waals surface area contributed by atoms with Crippen molar-refractivity contribution < 1.29 is 27.0 Å². The number of aliphatic hydroxyl groups is 1. The standard InChI is InChI=1S/C19H18F2N6O4S/c20-12-2-1-3-13(21)11(12)5-4-10-8-27(19-17(10)18(22)24-9-25-19)16-6-14(28)15(31-16)7-26-32(23,29)30/h1-3,8-9,14-16,26,28H,6-7H2,(H2,22,24,25)(H2,23,29,30)/t14-,15+,16+/m0/s1. The van der Waals surface area contributed by atoms with Crippen LogP contribution in [-0.2, 0) is 14.9 Å². The van der Waals surface area contributed by atoms with Gasteiger partial charge in [0.2, 0.25) is 0 Å². The second-order valence-corrected chi connectivity index (χ2v) is 8.46. The lowest BCUT2D eigenvalue weighted by Gasteiger charge is -2.16. The molecule has 3 aromatic rings. The molecule has 3 heterocycles. The molecule has 168 valence electrons. The first-order chi connectivity index (χ1) is 15.1. The van der Waals surface area contributed by atoms with Gasteiger partial charge in [-0.3, -0.25) is 0 Å². The summed E-state index contributed by atoms with van der Waals surface area (Å²) in [5.74, 6) is 3.65. The Morgan fingerprint density at radius 2 is 2.00 bits per heavy atom. The molecule has 1 saturated heterocycles. The maximum atomic E-state index is 13.9. The second kappa shape index (κ2) is 8.41. The Hall–Kier alpha value is -3.15. The van der Waals surface area contributed by atoms with Crippen molar-refractivity contribution in [3.63, 3.8) is 0 Å². The van der Waals surface area contributed by atoms with Crippen LogP contribution in [0.5, 0.6) is 0 Å². The zero-order valence-electron chi connectivity index (χ0n) is 16.4. The number of aliphatic hydroxyl groups excluding tert-OH is 1. The Labute approximate surface area is 181 Å². The molecule has 1 aliphatic rings. The molecule has 6 N–H and O–H groups in total. The van der Waals surface area contributed by atoms with Crippen LogP contribution in [-0.4, -0.2) is 46.8 Å². The number of benzene rings is 1. The molecule has 3 atom stereocenters. The average Bonchev–Trinajstić information content (AvgIpc) is 3.27. The Morgan fingerprint density at radius 3 is 2.69 bits per heavy atom. The van der Waals surface area contributed by atoms with E-state index >= 15 is 0 Å². The van der Waals surface area contributed by atoms with Gasteiger partial charge in [0.25, 0.3) is 10.2 Å². The molecule has 4 rings (SSSR count). The van der Waals surface area contributed by atoms with E-state index in [0.717, 1.165) is 12.1 Å². The van der Waals surface area contributed by atoms with Crippen LogP contribution >= 0.6 is 0 Å².